The standard InChI is InChI=1S/C11H24N2O2S/c1-9(2)5-13-10(14)6-12-7-11(3,15)8-16-4/h9,12,15H,5-8H2,1-4H3,(H,13,14). The molecule has 0 radical (unpaired) electrons. The summed E-state index contributed by atoms with van der Waals surface area (Å²) >= 11 is 1.59. The van der Waals surface area contributed by atoms with Crippen LogP contribution in [0, 0.1) is 5.92 Å². The van der Waals surface area contributed by atoms with Crippen molar-refractivity contribution in [3.8, 4) is 0 Å². The predicted molar refractivity (Wildman–Crippen MR) is 69.7 cm³/mol. The Kier molecular flexibility index (Phi) is 7.80. The molecule has 16 heavy (non-hydrogen) atoms. The van der Waals surface area contributed by atoms with Gasteiger partial charge in [0.25, 0.3) is 0 Å². The monoisotopic (exact) mass is 248 g/mol. The van der Waals surface area contributed by atoms with E-state index in [1.165, 1.54) is 0 Å². The van der Waals surface area contributed by atoms with Gasteiger partial charge in [0.05, 0.1) is 12.1 Å². The molecule has 0 aromatic carbocycles. The summed E-state index contributed by atoms with van der Waals surface area (Å²) in [6.07, 6.45) is 1.95. The fourth-order valence-electron chi connectivity index (χ4n) is 1.19. The lowest BCUT2D eigenvalue weighted by Crippen LogP contribution is -2.44. The first kappa shape index (κ1) is 15.7. The molecule has 1 atom stereocenters. The average Bonchev–Trinajstić information content (AvgIpc) is 2.14. The molecular formula is C11H24N2O2S. The van der Waals surface area contributed by atoms with Crippen molar-refractivity contribution in [3.05, 3.63) is 0 Å². The molecule has 1 unspecified atom stereocenters. The van der Waals surface area contributed by atoms with Crippen molar-refractivity contribution in [1.82, 2.24) is 10.6 Å². The van der Waals surface area contributed by atoms with Gasteiger partial charge in [0.15, 0.2) is 0 Å². The molecule has 0 spiro atoms. The molecule has 0 rings (SSSR count). The van der Waals surface area contributed by atoms with Gasteiger partial charge in [-0.05, 0) is 19.1 Å². The lowest BCUT2D eigenvalue weighted by atomic mass is 10.1. The van der Waals surface area contributed by atoms with Crippen LogP contribution in [0.3, 0.4) is 0 Å². The van der Waals surface area contributed by atoms with Crippen molar-refractivity contribution in [2.24, 2.45) is 5.92 Å². The van der Waals surface area contributed by atoms with Crippen LogP contribution in [0.1, 0.15) is 20.8 Å². The molecule has 0 aliphatic rings. The summed E-state index contributed by atoms with van der Waals surface area (Å²) in [5, 5.41) is 15.6. The molecule has 4 nitrogen and oxygen atoms in total. The Labute approximate surface area is 103 Å². The largest absolute Gasteiger partial charge is 0.388 e. The molecule has 1 amide bonds. The Balaban J connectivity index is 3.61. The number of nitrogens with one attached hydrogen (secondary N) is 2. The van der Waals surface area contributed by atoms with E-state index >= 15 is 0 Å². The molecular weight excluding hydrogens is 224 g/mol. The molecule has 0 bridgehead atoms. The quantitative estimate of drug-likeness (QED) is 0.584. The van der Waals surface area contributed by atoms with Crippen molar-refractivity contribution in [2.45, 2.75) is 26.4 Å². The molecule has 3 N–H and O–H groups in total. The topological polar surface area (TPSA) is 61.4 Å². The summed E-state index contributed by atoms with van der Waals surface area (Å²) in [6.45, 7) is 7.26. The highest BCUT2D eigenvalue weighted by atomic mass is 32.2. The van der Waals surface area contributed by atoms with Crippen LogP contribution in [0.15, 0.2) is 0 Å². The van der Waals surface area contributed by atoms with Gasteiger partial charge in [0, 0.05) is 18.8 Å². The maximum absolute atomic E-state index is 11.3. The van der Waals surface area contributed by atoms with Gasteiger partial charge in [0.2, 0.25) is 5.91 Å². The lowest BCUT2D eigenvalue weighted by molar-refractivity contribution is -0.120. The number of hydrogen-bond donors (Lipinski definition) is 3. The molecule has 0 saturated heterocycles. The number of thioether (sulfide) groups is 1. The van der Waals surface area contributed by atoms with E-state index in [1.54, 1.807) is 18.7 Å². The smallest absolute Gasteiger partial charge is 0.233 e. The molecule has 0 aliphatic heterocycles. The molecule has 0 saturated carbocycles. The van der Waals surface area contributed by atoms with E-state index in [0.29, 0.717) is 24.8 Å². The van der Waals surface area contributed by atoms with Crippen LogP contribution in [-0.4, -0.2) is 48.3 Å². The van der Waals surface area contributed by atoms with E-state index in [1.807, 2.05) is 6.26 Å². The fourth-order valence-corrected chi connectivity index (χ4v) is 1.91. The molecule has 0 aromatic rings. The van der Waals surface area contributed by atoms with E-state index in [-0.39, 0.29) is 12.5 Å². The van der Waals surface area contributed by atoms with Crippen LogP contribution in [0.2, 0.25) is 0 Å². The van der Waals surface area contributed by atoms with Crippen molar-refractivity contribution < 1.29 is 9.90 Å². The second kappa shape index (κ2) is 7.92. The maximum atomic E-state index is 11.3. The predicted octanol–water partition coefficient (Wildman–Crippen LogP) is 0.462. The minimum atomic E-state index is -0.752. The van der Waals surface area contributed by atoms with Gasteiger partial charge in [-0.15, -0.1) is 0 Å². The normalized spacial score (nSPS) is 14.9. The SMILES string of the molecule is CSCC(C)(O)CNCC(=O)NCC(C)C. The van der Waals surface area contributed by atoms with Crippen LogP contribution in [0.4, 0.5) is 0 Å². The third-order valence-electron chi connectivity index (χ3n) is 1.95. The molecule has 0 aromatic heterocycles. The summed E-state index contributed by atoms with van der Waals surface area (Å²) < 4.78 is 0. The summed E-state index contributed by atoms with van der Waals surface area (Å²) in [5.41, 5.74) is -0.752. The first-order valence-electron chi connectivity index (χ1n) is 5.56. The summed E-state index contributed by atoms with van der Waals surface area (Å²) in [6, 6.07) is 0. The zero-order valence-electron chi connectivity index (χ0n) is 10.7. The highest BCUT2D eigenvalue weighted by molar-refractivity contribution is 7.98. The first-order chi connectivity index (χ1) is 7.37. The highest BCUT2D eigenvalue weighted by Crippen LogP contribution is 2.08. The first-order valence-corrected chi connectivity index (χ1v) is 6.95. The van der Waals surface area contributed by atoms with Gasteiger partial charge in [0.1, 0.15) is 0 Å². The Bertz CT molecular complexity index is 208. The Hall–Kier alpha value is -0.260. The third-order valence-corrected chi connectivity index (χ3v) is 2.86. The lowest BCUT2D eigenvalue weighted by Gasteiger charge is -2.22. The Morgan fingerprint density at radius 1 is 1.50 bits per heavy atom. The van der Waals surface area contributed by atoms with Gasteiger partial charge in [-0.25, -0.2) is 0 Å². The second-order valence-corrected chi connectivity index (χ2v) is 5.60. The van der Waals surface area contributed by atoms with Gasteiger partial charge < -0.3 is 15.7 Å². The number of amides is 1. The van der Waals surface area contributed by atoms with Crippen LogP contribution in [0.5, 0.6) is 0 Å². The van der Waals surface area contributed by atoms with Crippen molar-refractivity contribution in [3.63, 3.8) is 0 Å². The summed E-state index contributed by atoms with van der Waals surface area (Å²) in [5.74, 6) is 1.10. The molecule has 0 fully saturated rings. The number of carbonyl (C=O) groups is 1. The van der Waals surface area contributed by atoms with Crippen LogP contribution >= 0.6 is 11.8 Å². The molecule has 0 aliphatic carbocycles. The maximum Gasteiger partial charge on any atom is 0.233 e. The number of hydrogen-bond acceptors (Lipinski definition) is 4. The minimum Gasteiger partial charge on any atom is -0.388 e. The number of carbonyl (C=O) groups excluding carboxylic acids is 1. The van der Waals surface area contributed by atoms with Crippen molar-refractivity contribution >= 4 is 17.7 Å². The zero-order valence-corrected chi connectivity index (χ0v) is 11.5. The molecule has 5 heteroatoms. The Morgan fingerprint density at radius 2 is 2.12 bits per heavy atom. The van der Waals surface area contributed by atoms with Gasteiger partial charge >= 0.3 is 0 Å². The highest BCUT2D eigenvalue weighted by Gasteiger charge is 2.19. The van der Waals surface area contributed by atoms with E-state index in [0.717, 1.165) is 0 Å². The summed E-state index contributed by atoms with van der Waals surface area (Å²) in [7, 11) is 0. The van der Waals surface area contributed by atoms with E-state index in [9.17, 15) is 9.90 Å². The van der Waals surface area contributed by atoms with Crippen LogP contribution < -0.4 is 10.6 Å². The Morgan fingerprint density at radius 3 is 2.62 bits per heavy atom. The van der Waals surface area contributed by atoms with Crippen LogP contribution in [0.25, 0.3) is 0 Å². The number of rotatable bonds is 8. The van der Waals surface area contributed by atoms with Crippen LogP contribution in [-0.2, 0) is 4.79 Å². The molecule has 96 valence electrons. The van der Waals surface area contributed by atoms with Gasteiger partial charge in [-0.3, -0.25) is 4.79 Å². The average molecular weight is 248 g/mol. The zero-order chi connectivity index (χ0) is 12.6. The van der Waals surface area contributed by atoms with E-state index in [4.69, 9.17) is 0 Å². The molecule has 0 heterocycles. The van der Waals surface area contributed by atoms with E-state index < -0.39 is 5.60 Å². The van der Waals surface area contributed by atoms with Crippen molar-refractivity contribution in [2.75, 3.05) is 31.6 Å². The second-order valence-electron chi connectivity index (χ2n) is 4.73. The third kappa shape index (κ3) is 9.00. The van der Waals surface area contributed by atoms with Gasteiger partial charge in [-0.1, -0.05) is 13.8 Å². The van der Waals surface area contributed by atoms with E-state index in [2.05, 4.69) is 24.5 Å². The fraction of sp³-hybridized carbons (Fsp3) is 0.909. The minimum absolute atomic E-state index is 0.0198. The summed E-state index contributed by atoms with van der Waals surface area (Å²) in [4.78, 5) is 11.3. The van der Waals surface area contributed by atoms with Crippen molar-refractivity contribution in [1.29, 1.82) is 0 Å². The van der Waals surface area contributed by atoms with Gasteiger partial charge in [-0.2, -0.15) is 11.8 Å². The number of aliphatic hydroxyl groups is 1.